The Bertz CT molecular complexity index is 1130. The lowest BCUT2D eigenvalue weighted by atomic mass is 10.2. The standard InChI is InChI=1S/C22H21ClN4O3/c23-15-7-4-8-18(9-15)30-13-16-10-19-21(24-11-17(29)12-28)26-20(27-22(19)25-16)14-5-2-1-3-6-14/h1-10,17,28-29H,11-13H2,(H2,24,25,26,27)/t17-/m1/s1. The minimum atomic E-state index is -0.889. The molecule has 2 aromatic heterocycles. The van der Waals surface area contributed by atoms with Crippen molar-refractivity contribution in [3.8, 4) is 17.1 Å². The predicted octanol–water partition coefficient (Wildman–Crippen LogP) is 3.62. The van der Waals surface area contributed by atoms with Crippen LogP contribution in [0.15, 0.2) is 60.7 Å². The first kappa shape index (κ1) is 20.2. The monoisotopic (exact) mass is 424 g/mol. The van der Waals surface area contributed by atoms with E-state index in [0.29, 0.717) is 34.7 Å². The Kier molecular flexibility index (Phi) is 6.13. The quantitative estimate of drug-likeness (QED) is 0.344. The number of anilines is 1. The maximum absolute atomic E-state index is 9.72. The van der Waals surface area contributed by atoms with Crippen molar-refractivity contribution >= 4 is 28.5 Å². The van der Waals surface area contributed by atoms with Crippen LogP contribution in [0.1, 0.15) is 5.69 Å². The Balaban J connectivity index is 1.65. The average molecular weight is 425 g/mol. The first-order valence-corrected chi connectivity index (χ1v) is 9.86. The van der Waals surface area contributed by atoms with Crippen molar-refractivity contribution in [1.82, 2.24) is 15.0 Å². The van der Waals surface area contributed by atoms with Crippen molar-refractivity contribution in [3.63, 3.8) is 0 Å². The summed E-state index contributed by atoms with van der Waals surface area (Å²) in [6.07, 6.45) is -0.889. The zero-order valence-corrected chi connectivity index (χ0v) is 16.8. The Hall–Kier alpha value is -3.13. The molecule has 0 saturated carbocycles. The van der Waals surface area contributed by atoms with Gasteiger partial charge in [0.05, 0.1) is 23.8 Å². The van der Waals surface area contributed by atoms with Crippen LogP contribution < -0.4 is 10.1 Å². The van der Waals surface area contributed by atoms with Crippen molar-refractivity contribution in [2.75, 3.05) is 18.5 Å². The summed E-state index contributed by atoms with van der Waals surface area (Å²) < 4.78 is 5.82. The number of benzene rings is 2. The summed E-state index contributed by atoms with van der Waals surface area (Å²) in [7, 11) is 0. The molecule has 2 aromatic carbocycles. The van der Waals surface area contributed by atoms with Crippen LogP contribution in [-0.2, 0) is 6.61 Å². The van der Waals surface area contributed by atoms with Crippen LogP contribution in [-0.4, -0.2) is 44.4 Å². The van der Waals surface area contributed by atoms with Crippen LogP contribution in [0.2, 0.25) is 5.02 Å². The second-order valence-electron chi connectivity index (χ2n) is 6.78. The third kappa shape index (κ3) is 4.71. The van der Waals surface area contributed by atoms with E-state index in [1.807, 2.05) is 48.5 Å². The van der Waals surface area contributed by atoms with E-state index < -0.39 is 6.10 Å². The number of halogens is 1. The molecule has 4 aromatic rings. The van der Waals surface area contributed by atoms with Crippen molar-refractivity contribution < 1.29 is 14.9 Å². The number of H-pyrrole nitrogens is 1. The van der Waals surface area contributed by atoms with Gasteiger partial charge in [0.2, 0.25) is 0 Å². The summed E-state index contributed by atoms with van der Waals surface area (Å²) in [6.45, 7) is 0.130. The SMILES string of the molecule is OC[C@H](O)CNc1nc(-c2ccccc2)nc2[nH]c(COc3cccc(Cl)c3)cc12. The van der Waals surface area contributed by atoms with Gasteiger partial charge in [-0.25, -0.2) is 9.97 Å². The zero-order valence-electron chi connectivity index (χ0n) is 16.0. The molecule has 2 heterocycles. The number of fused-ring (bicyclic) bond motifs is 1. The van der Waals surface area contributed by atoms with E-state index in [1.165, 1.54) is 0 Å². The number of ether oxygens (including phenoxy) is 1. The topological polar surface area (TPSA) is 103 Å². The molecule has 0 aliphatic rings. The van der Waals surface area contributed by atoms with E-state index in [2.05, 4.69) is 20.3 Å². The van der Waals surface area contributed by atoms with Crippen LogP contribution in [0, 0.1) is 0 Å². The molecule has 4 rings (SSSR count). The number of nitrogens with one attached hydrogen (secondary N) is 2. The van der Waals surface area contributed by atoms with Gasteiger partial charge in [-0.3, -0.25) is 0 Å². The van der Waals surface area contributed by atoms with Gasteiger partial charge in [-0.05, 0) is 24.3 Å². The van der Waals surface area contributed by atoms with E-state index in [9.17, 15) is 5.11 Å². The highest BCUT2D eigenvalue weighted by Crippen LogP contribution is 2.26. The van der Waals surface area contributed by atoms with E-state index >= 15 is 0 Å². The molecular formula is C22H21ClN4O3. The lowest BCUT2D eigenvalue weighted by molar-refractivity contribution is 0.105. The van der Waals surface area contributed by atoms with Gasteiger partial charge in [0.15, 0.2) is 5.82 Å². The van der Waals surface area contributed by atoms with Crippen LogP contribution in [0.25, 0.3) is 22.4 Å². The first-order chi connectivity index (χ1) is 14.6. The minimum Gasteiger partial charge on any atom is -0.487 e. The largest absolute Gasteiger partial charge is 0.487 e. The lowest BCUT2D eigenvalue weighted by Gasteiger charge is -2.11. The van der Waals surface area contributed by atoms with E-state index in [-0.39, 0.29) is 13.2 Å². The molecule has 0 radical (unpaired) electrons. The van der Waals surface area contributed by atoms with Gasteiger partial charge >= 0.3 is 0 Å². The summed E-state index contributed by atoms with van der Waals surface area (Å²) in [4.78, 5) is 12.5. The normalized spacial score (nSPS) is 12.1. The van der Waals surface area contributed by atoms with Crippen LogP contribution >= 0.6 is 11.6 Å². The second kappa shape index (κ2) is 9.13. The van der Waals surface area contributed by atoms with Gasteiger partial charge in [-0.2, -0.15) is 0 Å². The second-order valence-corrected chi connectivity index (χ2v) is 7.22. The Labute approximate surface area is 178 Å². The van der Waals surface area contributed by atoms with Crippen LogP contribution in [0.5, 0.6) is 5.75 Å². The molecule has 30 heavy (non-hydrogen) atoms. The third-order valence-corrected chi connectivity index (χ3v) is 4.72. The Morgan fingerprint density at radius 1 is 1.07 bits per heavy atom. The highest BCUT2D eigenvalue weighted by molar-refractivity contribution is 6.30. The third-order valence-electron chi connectivity index (χ3n) is 4.48. The molecule has 0 amide bonds. The van der Waals surface area contributed by atoms with Crippen molar-refractivity contribution in [2.45, 2.75) is 12.7 Å². The molecule has 8 heteroatoms. The average Bonchev–Trinajstić information content (AvgIpc) is 3.19. The van der Waals surface area contributed by atoms with E-state index in [1.54, 1.807) is 12.1 Å². The molecule has 0 spiro atoms. The summed E-state index contributed by atoms with van der Waals surface area (Å²) >= 11 is 6.01. The molecule has 0 aliphatic heterocycles. The summed E-state index contributed by atoms with van der Waals surface area (Å²) in [5, 5.41) is 23.3. The molecule has 0 fully saturated rings. The molecule has 7 nitrogen and oxygen atoms in total. The van der Waals surface area contributed by atoms with Gasteiger partial charge in [0.1, 0.15) is 23.8 Å². The number of hydrogen-bond acceptors (Lipinski definition) is 6. The molecule has 0 unspecified atom stereocenters. The maximum Gasteiger partial charge on any atom is 0.163 e. The fourth-order valence-corrected chi connectivity index (χ4v) is 3.17. The van der Waals surface area contributed by atoms with Gasteiger partial charge in [-0.15, -0.1) is 0 Å². The minimum absolute atomic E-state index is 0.163. The van der Waals surface area contributed by atoms with Gasteiger partial charge < -0.3 is 25.3 Å². The molecule has 0 bridgehead atoms. The number of aliphatic hydroxyl groups is 2. The zero-order chi connectivity index (χ0) is 20.9. The van der Waals surface area contributed by atoms with Crippen molar-refractivity contribution in [2.24, 2.45) is 0 Å². The number of nitrogens with zero attached hydrogens (tertiary/aromatic N) is 2. The fraction of sp³-hybridized carbons (Fsp3) is 0.182. The van der Waals surface area contributed by atoms with Crippen molar-refractivity contribution in [1.29, 1.82) is 0 Å². The summed E-state index contributed by atoms with van der Waals surface area (Å²) in [6, 6.07) is 18.7. The van der Waals surface area contributed by atoms with Crippen LogP contribution in [0.3, 0.4) is 0 Å². The smallest absolute Gasteiger partial charge is 0.163 e. The molecule has 1 atom stereocenters. The number of aromatic nitrogens is 3. The van der Waals surface area contributed by atoms with Gasteiger partial charge in [0.25, 0.3) is 0 Å². The molecule has 0 saturated heterocycles. The maximum atomic E-state index is 9.72. The predicted molar refractivity (Wildman–Crippen MR) is 117 cm³/mol. The molecule has 0 aliphatic carbocycles. The summed E-state index contributed by atoms with van der Waals surface area (Å²) in [5.41, 5.74) is 2.33. The van der Waals surface area contributed by atoms with E-state index in [0.717, 1.165) is 16.6 Å². The lowest BCUT2D eigenvalue weighted by Crippen LogP contribution is -2.23. The number of hydrogen-bond donors (Lipinski definition) is 4. The Morgan fingerprint density at radius 2 is 1.90 bits per heavy atom. The number of aliphatic hydroxyl groups excluding tert-OH is 2. The Morgan fingerprint density at radius 3 is 2.67 bits per heavy atom. The summed E-state index contributed by atoms with van der Waals surface area (Å²) in [5.74, 6) is 1.78. The highest BCUT2D eigenvalue weighted by atomic mass is 35.5. The first-order valence-electron chi connectivity index (χ1n) is 9.48. The number of aromatic amines is 1. The van der Waals surface area contributed by atoms with E-state index in [4.69, 9.17) is 21.4 Å². The molecule has 154 valence electrons. The number of rotatable bonds is 8. The van der Waals surface area contributed by atoms with Gasteiger partial charge in [0, 0.05) is 17.1 Å². The fourth-order valence-electron chi connectivity index (χ4n) is 2.99. The molecular weight excluding hydrogens is 404 g/mol. The van der Waals surface area contributed by atoms with Crippen molar-refractivity contribution in [3.05, 3.63) is 71.4 Å². The van der Waals surface area contributed by atoms with Gasteiger partial charge in [-0.1, -0.05) is 48.0 Å². The molecule has 4 N–H and O–H groups in total. The van der Waals surface area contributed by atoms with Crippen LogP contribution in [0.4, 0.5) is 5.82 Å². The highest BCUT2D eigenvalue weighted by Gasteiger charge is 2.14.